The van der Waals surface area contributed by atoms with Gasteiger partial charge in [0.05, 0.1) is 6.61 Å². The number of nitrogens with zero attached hydrogens (tertiary/aromatic N) is 1. The van der Waals surface area contributed by atoms with Gasteiger partial charge in [0.2, 0.25) is 0 Å². The first-order valence-electron chi connectivity index (χ1n) is 7.19. The summed E-state index contributed by atoms with van der Waals surface area (Å²) in [7, 11) is 6.04. The molecule has 1 aliphatic heterocycles. The molecule has 0 radical (unpaired) electrons. The highest BCUT2D eigenvalue weighted by Gasteiger charge is 2.29. The smallest absolute Gasteiger partial charge is 0.0713 e. The molecule has 1 N–H and O–H groups in total. The number of nitrogens with one attached hydrogen (secondary N) is 1. The van der Waals surface area contributed by atoms with Crippen molar-refractivity contribution in [2.75, 3.05) is 34.3 Å². The summed E-state index contributed by atoms with van der Waals surface area (Å²) in [6, 6.07) is 9.46. The highest BCUT2D eigenvalue weighted by molar-refractivity contribution is 5.25. The van der Waals surface area contributed by atoms with Crippen LogP contribution >= 0.6 is 0 Å². The molecule has 19 heavy (non-hydrogen) atoms. The summed E-state index contributed by atoms with van der Waals surface area (Å²) in [5.74, 6) is 0.706. The summed E-state index contributed by atoms with van der Waals surface area (Å²) in [6.45, 7) is 2.99. The van der Waals surface area contributed by atoms with Crippen molar-refractivity contribution < 1.29 is 4.74 Å². The van der Waals surface area contributed by atoms with Crippen LogP contribution in [0.5, 0.6) is 0 Å². The lowest BCUT2D eigenvalue weighted by Crippen LogP contribution is -2.39. The van der Waals surface area contributed by atoms with Crippen molar-refractivity contribution in [3.05, 3.63) is 35.4 Å². The summed E-state index contributed by atoms with van der Waals surface area (Å²) in [6.07, 6.45) is 2.62. The fourth-order valence-electron chi connectivity index (χ4n) is 3.24. The first-order chi connectivity index (χ1) is 9.26. The molecule has 2 rings (SSSR count). The van der Waals surface area contributed by atoms with Crippen LogP contribution in [0.4, 0.5) is 0 Å². The van der Waals surface area contributed by atoms with Gasteiger partial charge in [-0.1, -0.05) is 24.3 Å². The lowest BCUT2D eigenvalue weighted by Gasteiger charge is -2.39. The molecule has 1 aromatic carbocycles. The first-order valence-corrected chi connectivity index (χ1v) is 7.19. The quantitative estimate of drug-likeness (QED) is 0.882. The van der Waals surface area contributed by atoms with Gasteiger partial charge >= 0.3 is 0 Å². The van der Waals surface area contributed by atoms with E-state index >= 15 is 0 Å². The standard InChI is InChI=1S/C16H26N2O/c1-17-11-15-5-4-10-18(2)16(15)14-8-6-13(7-9-14)12-19-3/h6-9,15-17H,4-5,10-12H2,1-3H3. The third-order valence-corrected chi connectivity index (χ3v) is 4.11. The van der Waals surface area contributed by atoms with E-state index in [0.717, 1.165) is 6.54 Å². The van der Waals surface area contributed by atoms with Crippen molar-refractivity contribution >= 4 is 0 Å². The number of rotatable bonds is 5. The maximum Gasteiger partial charge on any atom is 0.0713 e. The van der Waals surface area contributed by atoms with Gasteiger partial charge in [-0.2, -0.15) is 0 Å². The molecule has 0 aromatic heterocycles. The van der Waals surface area contributed by atoms with Crippen LogP contribution < -0.4 is 5.32 Å². The average molecular weight is 262 g/mol. The van der Waals surface area contributed by atoms with E-state index < -0.39 is 0 Å². The summed E-state index contributed by atoms with van der Waals surface area (Å²) in [5.41, 5.74) is 2.68. The number of benzene rings is 1. The minimum atomic E-state index is 0.540. The molecule has 1 saturated heterocycles. The van der Waals surface area contributed by atoms with Gasteiger partial charge in [0.25, 0.3) is 0 Å². The lowest BCUT2D eigenvalue weighted by molar-refractivity contribution is 0.121. The molecule has 0 saturated carbocycles. The van der Waals surface area contributed by atoms with Gasteiger partial charge in [-0.25, -0.2) is 0 Å². The van der Waals surface area contributed by atoms with Crippen molar-refractivity contribution in [1.82, 2.24) is 10.2 Å². The van der Waals surface area contributed by atoms with E-state index in [0.29, 0.717) is 18.6 Å². The third-order valence-electron chi connectivity index (χ3n) is 4.11. The van der Waals surface area contributed by atoms with Crippen molar-refractivity contribution in [1.29, 1.82) is 0 Å². The molecule has 106 valence electrons. The summed E-state index contributed by atoms with van der Waals surface area (Å²) < 4.78 is 5.17. The number of likely N-dealkylation sites (tertiary alicyclic amines) is 1. The van der Waals surface area contributed by atoms with Crippen molar-refractivity contribution in [2.24, 2.45) is 5.92 Å². The zero-order chi connectivity index (χ0) is 13.7. The monoisotopic (exact) mass is 262 g/mol. The minimum Gasteiger partial charge on any atom is -0.380 e. The zero-order valence-corrected chi connectivity index (χ0v) is 12.4. The fraction of sp³-hybridized carbons (Fsp3) is 0.625. The van der Waals surface area contributed by atoms with E-state index in [9.17, 15) is 0 Å². The van der Waals surface area contributed by atoms with E-state index in [1.165, 1.54) is 30.5 Å². The third kappa shape index (κ3) is 3.56. The molecule has 3 nitrogen and oxygen atoms in total. The van der Waals surface area contributed by atoms with Crippen LogP contribution in [-0.4, -0.2) is 39.2 Å². The van der Waals surface area contributed by atoms with Crippen LogP contribution in [0.3, 0.4) is 0 Å². The minimum absolute atomic E-state index is 0.540. The van der Waals surface area contributed by atoms with E-state index in [2.05, 4.69) is 41.5 Å². The molecule has 1 heterocycles. The molecule has 1 aromatic rings. The van der Waals surface area contributed by atoms with Crippen LogP contribution in [0, 0.1) is 5.92 Å². The topological polar surface area (TPSA) is 24.5 Å². The fourth-order valence-corrected chi connectivity index (χ4v) is 3.24. The predicted molar refractivity (Wildman–Crippen MR) is 79.2 cm³/mol. The summed E-state index contributed by atoms with van der Waals surface area (Å²) in [4.78, 5) is 2.50. The Morgan fingerprint density at radius 1 is 1.32 bits per heavy atom. The normalized spacial score (nSPS) is 24.6. The van der Waals surface area contributed by atoms with E-state index in [1.54, 1.807) is 7.11 Å². The Balaban J connectivity index is 2.15. The molecular weight excluding hydrogens is 236 g/mol. The zero-order valence-electron chi connectivity index (χ0n) is 12.4. The Kier molecular flexibility index (Phi) is 5.37. The van der Waals surface area contributed by atoms with E-state index in [1.807, 2.05) is 7.05 Å². The highest BCUT2D eigenvalue weighted by Crippen LogP contribution is 2.34. The Labute approximate surface area is 116 Å². The number of hydrogen-bond acceptors (Lipinski definition) is 3. The Morgan fingerprint density at radius 2 is 2.05 bits per heavy atom. The van der Waals surface area contributed by atoms with Crippen LogP contribution in [0.25, 0.3) is 0 Å². The van der Waals surface area contributed by atoms with Gasteiger partial charge in [-0.05, 0) is 57.1 Å². The second-order valence-corrected chi connectivity index (χ2v) is 5.56. The van der Waals surface area contributed by atoms with Gasteiger partial charge in [-0.3, -0.25) is 4.90 Å². The molecule has 0 spiro atoms. The number of hydrogen-bond donors (Lipinski definition) is 1. The van der Waals surface area contributed by atoms with Crippen LogP contribution in [0.1, 0.15) is 30.0 Å². The average Bonchev–Trinajstić information content (AvgIpc) is 2.41. The largest absolute Gasteiger partial charge is 0.380 e. The maximum absolute atomic E-state index is 5.17. The predicted octanol–water partition coefficient (Wildman–Crippen LogP) is 2.44. The first kappa shape index (κ1) is 14.5. The van der Waals surface area contributed by atoms with E-state index in [4.69, 9.17) is 4.74 Å². The highest BCUT2D eigenvalue weighted by atomic mass is 16.5. The van der Waals surface area contributed by atoms with Gasteiger partial charge in [0.15, 0.2) is 0 Å². The summed E-state index contributed by atoms with van der Waals surface area (Å²) in [5, 5.41) is 3.34. The molecule has 2 unspecified atom stereocenters. The molecule has 2 atom stereocenters. The molecule has 0 bridgehead atoms. The molecule has 0 aliphatic carbocycles. The van der Waals surface area contributed by atoms with E-state index in [-0.39, 0.29) is 0 Å². The molecule has 0 amide bonds. The number of methoxy groups -OCH3 is 1. The molecular formula is C16H26N2O. The van der Waals surface area contributed by atoms with Gasteiger partial charge in [-0.15, -0.1) is 0 Å². The van der Waals surface area contributed by atoms with Gasteiger partial charge in [0, 0.05) is 13.2 Å². The second kappa shape index (κ2) is 7.04. The van der Waals surface area contributed by atoms with Crippen LogP contribution in [0.2, 0.25) is 0 Å². The van der Waals surface area contributed by atoms with Crippen LogP contribution in [0.15, 0.2) is 24.3 Å². The number of piperidine rings is 1. The Bertz CT molecular complexity index is 375. The van der Waals surface area contributed by atoms with Gasteiger partial charge < -0.3 is 10.1 Å². The second-order valence-electron chi connectivity index (χ2n) is 5.56. The SMILES string of the molecule is CNCC1CCCN(C)C1c1ccc(COC)cc1. The molecule has 3 heteroatoms. The van der Waals surface area contributed by atoms with Crippen molar-refractivity contribution in [3.63, 3.8) is 0 Å². The van der Waals surface area contributed by atoms with Gasteiger partial charge in [0.1, 0.15) is 0 Å². The summed E-state index contributed by atoms with van der Waals surface area (Å²) >= 11 is 0. The maximum atomic E-state index is 5.17. The molecule has 1 fully saturated rings. The lowest BCUT2D eigenvalue weighted by atomic mass is 9.84. The Hall–Kier alpha value is -0.900. The van der Waals surface area contributed by atoms with Crippen LogP contribution in [-0.2, 0) is 11.3 Å². The molecule has 1 aliphatic rings. The number of ether oxygens (including phenoxy) is 1. The van der Waals surface area contributed by atoms with Crippen molar-refractivity contribution in [3.8, 4) is 0 Å². The Morgan fingerprint density at radius 3 is 2.68 bits per heavy atom. The van der Waals surface area contributed by atoms with Crippen molar-refractivity contribution in [2.45, 2.75) is 25.5 Å².